The molecule has 0 bridgehead atoms. The Morgan fingerprint density at radius 3 is 2.53 bits per heavy atom. The van der Waals surface area contributed by atoms with Crippen LogP contribution in [0, 0.1) is 11.8 Å². The summed E-state index contributed by atoms with van der Waals surface area (Å²) < 4.78 is 0. The number of nitrogens with one attached hydrogen (secondary N) is 2. The lowest BCUT2D eigenvalue weighted by atomic mass is 10.3. The van der Waals surface area contributed by atoms with Crippen LogP contribution < -0.4 is 10.9 Å². The van der Waals surface area contributed by atoms with Crippen LogP contribution >= 0.6 is 23.4 Å². The molecule has 0 heterocycles. The van der Waals surface area contributed by atoms with Gasteiger partial charge in [0, 0.05) is 15.8 Å². The van der Waals surface area contributed by atoms with Crippen molar-refractivity contribution in [1.82, 2.24) is 10.9 Å². The smallest absolute Gasteiger partial charge is 0.248 e. The van der Waals surface area contributed by atoms with Gasteiger partial charge in [0.25, 0.3) is 0 Å². The minimum absolute atomic E-state index is 0.0595. The van der Waals surface area contributed by atoms with Gasteiger partial charge in [-0.25, -0.2) is 0 Å². The van der Waals surface area contributed by atoms with Crippen LogP contribution in [0.15, 0.2) is 29.2 Å². The molecule has 0 aromatic heterocycles. The molecule has 1 aliphatic rings. The second kappa shape index (κ2) is 6.30. The number of benzene rings is 1. The molecule has 102 valence electrons. The van der Waals surface area contributed by atoms with Crippen LogP contribution in [0.1, 0.15) is 13.3 Å². The Kier molecular flexibility index (Phi) is 4.71. The van der Waals surface area contributed by atoms with E-state index in [4.69, 9.17) is 11.6 Å². The minimum Gasteiger partial charge on any atom is -0.273 e. The lowest BCUT2D eigenvalue weighted by Crippen LogP contribution is -2.43. The standard InChI is InChI=1S/C13H15ClN2O2S/c1-8-6-11(8)13(18)16-15-12(17)7-19-10-4-2-9(14)3-5-10/h2-5,8,11H,6-7H2,1H3,(H,15,17)(H,16,18). The minimum atomic E-state index is -0.221. The second-order valence-corrected chi connectivity index (χ2v) is 6.08. The maximum atomic E-state index is 11.5. The van der Waals surface area contributed by atoms with Gasteiger partial charge in [-0.15, -0.1) is 11.8 Å². The molecule has 0 radical (unpaired) electrons. The summed E-state index contributed by atoms with van der Waals surface area (Å²) in [6.45, 7) is 2.02. The summed E-state index contributed by atoms with van der Waals surface area (Å²) in [4.78, 5) is 24.0. The van der Waals surface area contributed by atoms with E-state index in [1.54, 1.807) is 12.1 Å². The molecule has 2 N–H and O–H groups in total. The van der Waals surface area contributed by atoms with Crippen molar-refractivity contribution >= 4 is 35.2 Å². The summed E-state index contributed by atoms with van der Waals surface area (Å²) in [7, 11) is 0. The van der Waals surface area contributed by atoms with Crippen LogP contribution in [0.4, 0.5) is 0 Å². The lowest BCUT2D eigenvalue weighted by molar-refractivity contribution is -0.128. The molecule has 2 unspecified atom stereocenters. The number of rotatable bonds is 4. The number of thioether (sulfide) groups is 1. The highest BCUT2D eigenvalue weighted by molar-refractivity contribution is 8.00. The van der Waals surface area contributed by atoms with Gasteiger partial charge in [0.2, 0.25) is 11.8 Å². The van der Waals surface area contributed by atoms with Crippen molar-refractivity contribution in [2.24, 2.45) is 11.8 Å². The Bertz CT molecular complexity index is 478. The summed E-state index contributed by atoms with van der Waals surface area (Å²) in [5.41, 5.74) is 4.87. The Labute approximate surface area is 121 Å². The molecule has 0 aliphatic heterocycles. The van der Waals surface area contributed by atoms with Gasteiger partial charge in [0.1, 0.15) is 0 Å². The normalized spacial score (nSPS) is 20.7. The zero-order valence-electron chi connectivity index (χ0n) is 10.5. The van der Waals surface area contributed by atoms with Gasteiger partial charge in [-0.1, -0.05) is 18.5 Å². The van der Waals surface area contributed by atoms with Gasteiger partial charge in [-0.3, -0.25) is 20.4 Å². The van der Waals surface area contributed by atoms with Gasteiger partial charge in [0.15, 0.2) is 0 Å². The molecule has 1 saturated carbocycles. The second-order valence-electron chi connectivity index (χ2n) is 4.60. The molecule has 0 spiro atoms. The maximum Gasteiger partial charge on any atom is 0.248 e. The number of amides is 2. The fourth-order valence-corrected chi connectivity index (χ4v) is 2.45. The molecule has 1 fully saturated rings. The topological polar surface area (TPSA) is 58.2 Å². The van der Waals surface area contributed by atoms with Crippen molar-refractivity contribution in [3.8, 4) is 0 Å². The van der Waals surface area contributed by atoms with E-state index < -0.39 is 0 Å². The number of hydrazine groups is 1. The summed E-state index contributed by atoms with van der Waals surface area (Å²) in [6, 6.07) is 7.26. The van der Waals surface area contributed by atoms with Crippen LogP contribution in [0.3, 0.4) is 0 Å². The molecule has 19 heavy (non-hydrogen) atoms. The van der Waals surface area contributed by atoms with E-state index in [0.29, 0.717) is 10.9 Å². The van der Waals surface area contributed by atoms with Crippen molar-refractivity contribution in [3.63, 3.8) is 0 Å². The summed E-state index contributed by atoms with van der Waals surface area (Å²) >= 11 is 7.16. The zero-order valence-corrected chi connectivity index (χ0v) is 12.1. The van der Waals surface area contributed by atoms with Gasteiger partial charge >= 0.3 is 0 Å². The highest BCUT2D eigenvalue weighted by Gasteiger charge is 2.39. The zero-order chi connectivity index (χ0) is 13.8. The van der Waals surface area contributed by atoms with Gasteiger partial charge in [-0.05, 0) is 36.6 Å². The van der Waals surface area contributed by atoms with E-state index in [2.05, 4.69) is 10.9 Å². The van der Waals surface area contributed by atoms with E-state index in [0.717, 1.165) is 11.3 Å². The van der Waals surface area contributed by atoms with E-state index in [9.17, 15) is 9.59 Å². The first-order valence-corrected chi connectivity index (χ1v) is 7.39. The van der Waals surface area contributed by atoms with Gasteiger partial charge in [-0.2, -0.15) is 0 Å². The van der Waals surface area contributed by atoms with Crippen molar-refractivity contribution in [2.45, 2.75) is 18.2 Å². The van der Waals surface area contributed by atoms with E-state index in [1.165, 1.54) is 11.8 Å². The first-order valence-electron chi connectivity index (χ1n) is 6.03. The lowest BCUT2D eigenvalue weighted by Gasteiger charge is -2.06. The third kappa shape index (κ3) is 4.44. The quantitative estimate of drug-likeness (QED) is 0.662. The Balaban J connectivity index is 1.67. The molecular formula is C13H15ClN2O2S. The molecular weight excluding hydrogens is 284 g/mol. The largest absolute Gasteiger partial charge is 0.273 e. The molecule has 4 nitrogen and oxygen atoms in total. The molecule has 2 atom stereocenters. The molecule has 1 aromatic carbocycles. The van der Waals surface area contributed by atoms with Crippen molar-refractivity contribution < 1.29 is 9.59 Å². The fraction of sp³-hybridized carbons (Fsp3) is 0.385. The van der Waals surface area contributed by atoms with Crippen molar-refractivity contribution in [1.29, 1.82) is 0 Å². The maximum absolute atomic E-state index is 11.5. The number of carbonyl (C=O) groups is 2. The number of halogens is 1. The molecule has 0 saturated heterocycles. The average Bonchev–Trinajstić information content (AvgIpc) is 3.12. The van der Waals surface area contributed by atoms with Crippen LogP contribution in [0.25, 0.3) is 0 Å². The monoisotopic (exact) mass is 298 g/mol. The molecule has 6 heteroatoms. The van der Waals surface area contributed by atoms with E-state index in [1.807, 2.05) is 19.1 Å². The van der Waals surface area contributed by atoms with Crippen LogP contribution in [-0.2, 0) is 9.59 Å². The molecule has 1 aliphatic carbocycles. The fourth-order valence-electron chi connectivity index (χ4n) is 1.63. The van der Waals surface area contributed by atoms with Gasteiger partial charge < -0.3 is 0 Å². The predicted molar refractivity (Wildman–Crippen MR) is 75.7 cm³/mol. The highest BCUT2D eigenvalue weighted by Crippen LogP contribution is 2.37. The number of carbonyl (C=O) groups excluding carboxylic acids is 2. The number of hydrogen-bond acceptors (Lipinski definition) is 3. The van der Waals surface area contributed by atoms with Crippen molar-refractivity contribution in [3.05, 3.63) is 29.3 Å². The SMILES string of the molecule is CC1CC1C(=O)NNC(=O)CSc1ccc(Cl)cc1. The first-order chi connectivity index (χ1) is 9.06. The Morgan fingerprint density at radius 2 is 1.95 bits per heavy atom. The van der Waals surface area contributed by atoms with E-state index >= 15 is 0 Å². The third-order valence-electron chi connectivity index (χ3n) is 2.95. The van der Waals surface area contributed by atoms with Crippen LogP contribution in [0.5, 0.6) is 0 Å². The van der Waals surface area contributed by atoms with Crippen LogP contribution in [-0.4, -0.2) is 17.6 Å². The molecule has 1 aromatic rings. The van der Waals surface area contributed by atoms with Crippen molar-refractivity contribution in [2.75, 3.05) is 5.75 Å². The third-order valence-corrected chi connectivity index (χ3v) is 4.22. The number of hydrogen-bond donors (Lipinski definition) is 2. The Morgan fingerprint density at radius 1 is 1.32 bits per heavy atom. The first kappa shape index (κ1) is 14.2. The predicted octanol–water partition coefficient (Wildman–Crippen LogP) is 2.24. The molecule has 2 amide bonds. The molecule has 2 rings (SSSR count). The van der Waals surface area contributed by atoms with Crippen LogP contribution in [0.2, 0.25) is 5.02 Å². The Hall–Kier alpha value is -1.20. The van der Waals surface area contributed by atoms with Gasteiger partial charge in [0.05, 0.1) is 5.75 Å². The summed E-state index contributed by atoms with van der Waals surface area (Å²) in [6.07, 6.45) is 0.904. The van der Waals surface area contributed by atoms with E-state index in [-0.39, 0.29) is 23.5 Å². The average molecular weight is 299 g/mol. The summed E-state index contributed by atoms with van der Waals surface area (Å²) in [5, 5.41) is 0.666. The highest BCUT2D eigenvalue weighted by atomic mass is 35.5. The summed E-state index contributed by atoms with van der Waals surface area (Å²) in [5.74, 6) is 0.422.